The first-order valence-electron chi connectivity index (χ1n) is 8.16. The average Bonchev–Trinajstić information content (AvgIpc) is 2.62. The quantitative estimate of drug-likeness (QED) is 0.724. The van der Waals surface area contributed by atoms with Gasteiger partial charge in [-0.3, -0.25) is 4.79 Å². The molecule has 2 aromatic carbocycles. The number of benzene rings is 2. The molecule has 0 unspecified atom stereocenters. The first-order chi connectivity index (χ1) is 12.2. The third-order valence-corrected chi connectivity index (χ3v) is 3.70. The van der Waals surface area contributed by atoms with Crippen molar-refractivity contribution in [2.24, 2.45) is 0 Å². The highest BCUT2D eigenvalue weighted by atomic mass is 16.1. The van der Waals surface area contributed by atoms with Crippen LogP contribution in [0.2, 0.25) is 0 Å². The third kappa shape index (κ3) is 5.14. The number of anilines is 2. The topological polar surface area (TPSA) is 66.9 Å². The van der Waals surface area contributed by atoms with Crippen molar-refractivity contribution in [1.82, 2.24) is 10.2 Å². The maximum Gasteiger partial charge on any atom is 0.229 e. The number of rotatable bonds is 6. The maximum absolute atomic E-state index is 12.0. The fourth-order valence-corrected chi connectivity index (χ4v) is 2.48. The molecular formula is C20H20N4O. The largest absolute Gasteiger partial charge is 0.365 e. The van der Waals surface area contributed by atoms with Crippen LogP contribution in [0.15, 0.2) is 66.7 Å². The van der Waals surface area contributed by atoms with Crippen molar-refractivity contribution < 1.29 is 4.79 Å². The highest BCUT2D eigenvalue weighted by molar-refractivity contribution is 5.91. The van der Waals surface area contributed by atoms with Crippen molar-refractivity contribution in [2.75, 3.05) is 10.6 Å². The molecule has 5 heteroatoms. The summed E-state index contributed by atoms with van der Waals surface area (Å²) in [6.45, 7) is 2.74. The van der Waals surface area contributed by atoms with Gasteiger partial charge in [0, 0.05) is 6.54 Å². The van der Waals surface area contributed by atoms with Gasteiger partial charge in [0.1, 0.15) is 5.82 Å². The van der Waals surface area contributed by atoms with Crippen LogP contribution in [0.25, 0.3) is 0 Å². The van der Waals surface area contributed by atoms with E-state index in [1.165, 1.54) is 11.1 Å². The van der Waals surface area contributed by atoms with E-state index in [0.717, 1.165) is 5.56 Å². The zero-order valence-corrected chi connectivity index (χ0v) is 14.1. The summed E-state index contributed by atoms with van der Waals surface area (Å²) in [5, 5.41) is 14.1. The predicted octanol–water partition coefficient (Wildman–Crippen LogP) is 3.58. The number of amides is 1. The Balaban J connectivity index is 1.52. The number of carbonyl (C=O) groups excluding carboxylic acids is 1. The van der Waals surface area contributed by atoms with Gasteiger partial charge in [-0.2, -0.15) is 0 Å². The van der Waals surface area contributed by atoms with Crippen LogP contribution in [-0.4, -0.2) is 16.1 Å². The van der Waals surface area contributed by atoms with E-state index in [-0.39, 0.29) is 5.91 Å². The Morgan fingerprint density at radius 2 is 1.60 bits per heavy atom. The van der Waals surface area contributed by atoms with Crippen LogP contribution in [0, 0.1) is 6.92 Å². The van der Waals surface area contributed by atoms with E-state index < -0.39 is 0 Å². The van der Waals surface area contributed by atoms with Gasteiger partial charge in [0.15, 0.2) is 5.82 Å². The lowest BCUT2D eigenvalue weighted by atomic mass is 10.1. The average molecular weight is 332 g/mol. The van der Waals surface area contributed by atoms with Crippen molar-refractivity contribution in [3.8, 4) is 0 Å². The van der Waals surface area contributed by atoms with Gasteiger partial charge in [0.25, 0.3) is 0 Å². The molecule has 126 valence electrons. The molecule has 0 bridgehead atoms. The number of nitrogens with zero attached hydrogens (tertiary/aromatic N) is 2. The summed E-state index contributed by atoms with van der Waals surface area (Å²) in [6, 6.07) is 21.4. The molecule has 0 atom stereocenters. The summed E-state index contributed by atoms with van der Waals surface area (Å²) in [5.74, 6) is 1.01. The van der Waals surface area contributed by atoms with Crippen LogP contribution in [-0.2, 0) is 17.8 Å². The molecule has 1 heterocycles. The second-order valence-corrected chi connectivity index (χ2v) is 5.86. The van der Waals surface area contributed by atoms with E-state index in [2.05, 4.69) is 46.0 Å². The first kappa shape index (κ1) is 16.6. The second kappa shape index (κ2) is 8.06. The number of carbonyl (C=O) groups is 1. The van der Waals surface area contributed by atoms with Crippen molar-refractivity contribution in [2.45, 2.75) is 19.9 Å². The minimum atomic E-state index is -0.110. The monoisotopic (exact) mass is 332 g/mol. The van der Waals surface area contributed by atoms with Gasteiger partial charge in [-0.1, -0.05) is 60.2 Å². The molecule has 0 aliphatic heterocycles. The van der Waals surface area contributed by atoms with Crippen LogP contribution in [0.4, 0.5) is 11.6 Å². The van der Waals surface area contributed by atoms with E-state index in [4.69, 9.17) is 0 Å². The van der Waals surface area contributed by atoms with Gasteiger partial charge in [-0.05, 0) is 30.2 Å². The molecule has 0 fully saturated rings. The molecule has 0 spiro atoms. The third-order valence-electron chi connectivity index (χ3n) is 3.70. The van der Waals surface area contributed by atoms with Crippen LogP contribution in [0.5, 0.6) is 0 Å². The molecule has 5 nitrogen and oxygen atoms in total. The highest BCUT2D eigenvalue weighted by Crippen LogP contribution is 2.10. The summed E-state index contributed by atoms with van der Waals surface area (Å²) < 4.78 is 0. The van der Waals surface area contributed by atoms with Crippen LogP contribution < -0.4 is 10.6 Å². The highest BCUT2D eigenvalue weighted by Gasteiger charge is 2.05. The summed E-state index contributed by atoms with van der Waals surface area (Å²) in [7, 11) is 0. The SMILES string of the molecule is Cc1cccc(CNc2ccc(NC(=O)Cc3ccccc3)nn2)c1. The standard InChI is InChI=1S/C20H20N4O/c1-15-6-5-9-17(12-15)14-21-18-10-11-19(24-23-18)22-20(25)13-16-7-3-2-4-8-16/h2-12H,13-14H2,1H3,(H,21,23)(H,22,24,25). The second-order valence-electron chi connectivity index (χ2n) is 5.86. The van der Waals surface area contributed by atoms with E-state index in [0.29, 0.717) is 24.6 Å². The summed E-state index contributed by atoms with van der Waals surface area (Å²) in [5.41, 5.74) is 3.37. The Morgan fingerprint density at radius 1 is 0.880 bits per heavy atom. The van der Waals surface area contributed by atoms with Gasteiger partial charge in [0.05, 0.1) is 6.42 Å². The minimum absolute atomic E-state index is 0.110. The normalized spacial score (nSPS) is 10.3. The molecule has 0 aliphatic carbocycles. The van der Waals surface area contributed by atoms with Crippen molar-refractivity contribution in [1.29, 1.82) is 0 Å². The smallest absolute Gasteiger partial charge is 0.229 e. The van der Waals surface area contributed by atoms with Crippen molar-refractivity contribution >= 4 is 17.5 Å². The Hall–Kier alpha value is -3.21. The number of aromatic nitrogens is 2. The van der Waals surface area contributed by atoms with E-state index in [1.807, 2.05) is 36.4 Å². The molecule has 0 saturated heterocycles. The van der Waals surface area contributed by atoms with Gasteiger partial charge in [0.2, 0.25) is 5.91 Å². The maximum atomic E-state index is 12.0. The molecule has 0 aliphatic rings. The predicted molar refractivity (Wildman–Crippen MR) is 99.3 cm³/mol. The Bertz CT molecular complexity index is 832. The lowest BCUT2D eigenvalue weighted by molar-refractivity contribution is -0.115. The zero-order chi connectivity index (χ0) is 17.5. The zero-order valence-electron chi connectivity index (χ0n) is 14.1. The van der Waals surface area contributed by atoms with Crippen LogP contribution in [0.3, 0.4) is 0 Å². The van der Waals surface area contributed by atoms with E-state index in [9.17, 15) is 4.79 Å². The fourth-order valence-electron chi connectivity index (χ4n) is 2.48. The molecule has 0 radical (unpaired) electrons. The van der Waals surface area contributed by atoms with Gasteiger partial charge < -0.3 is 10.6 Å². The Labute approximate surface area is 147 Å². The summed E-state index contributed by atoms with van der Waals surface area (Å²) in [4.78, 5) is 12.0. The molecule has 25 heavy (non-hydrogen) atoms. The minimum Gasteiger partial charge on any atom is -0.365 e. The summed E-state index contributed by atoms with van der Waals surface area (Å²) >= 11 is 0. The number of hydrogen-bond acceptors (Lipinski definition) is 4. The number of nitrogens with one attached hydrogen (secondary N) is 2. The molecule has 1 amide bonds. The molecule has 2 N–H and O–H groups in total. The van der Waals surface area contributed by atoms with Gasteiger partial charge in [-0.25, -0.2) is 0 Å². The molecular weight excluding hydrogens is 312 g/mol. The van der Waals surface area contributed by atoms with E-state index in [1.54, 1.807) is 12.1 Å². The number of hydrogen-bond donors (Lipinski definition) is 2. The van der Waals surface area contributed by atoms with E-state index >= 15 is 0 Å². The Kier molecular flexibility index (Phi) is 5.36. The lowest BCUT2D eigenvalue weighted by Gasteiger charge is -2.07. The first-order valence-corrected chi connectivity index (χ1v) is 8.16. The fraction of sp³-hybridized carbons (Fsp3) is 0.150. The number of aryl methyl sites for hydroxylation is 1. The molecule has 3 rings (SSSR count). The van der Waals surface area contributed by atoms with Gasteiger partial charge >= 0.3 is 0 Å². The van der Waals surface area contributed by atoms with Crippen LogP contribution in [0.1, 0.15) is 16.7 Å². The lowest BCUT2D eigenvalue weighted by Crippen LogP contribution is -2.15. The molecule has 0 saturated carbocycles. The molecule has 1 aromatic heterocycles. The Morgan fingerprint density at radius 3 is 2.32 bits per heavy atom. The van der Waals surface area contributed by atoms with Crippen LogP contribution >= 0.6 is 0 Å². The van der Waals surface area contributed by atoms with Crippen molar-refractivity contribution in [3.05, 3.63) is 83.4 Å². The molecule has 3 aromatic rings. The van der Waals surface area contributed by atoms with Crippen molar-refractivity contribution in [3.63, 3.8) is 0 Å². The van der Waals surface area contributed by atoms with Gasteiger partial charge in [-0.15, -0.1) is 10.2 Å². The summed E-state index contributed by atoms with van der Waals surface area (Å²) in [6.07, 6.45) is 0.315.